The van der Waals surface area contributed by atoms with Gasteiger partial charge in [0.2, 0.25) is 5.71 Å². The van der Waals surface area contributed by atoms with Crippen LogP contribution in [0.2, 0.25) is 0 Å². The molecule has 1 N–H and O–H groups in total. The smallest absolute Gasteiger partial charge is 0.255 e. The van der Waals surface area contributed by atoms with E-state index in [9.17, 15) is 4.79 Å². The van der Waals surface area contributed by atoms with Gasteiger partial charge >= 0.3 is 0 Å². The van der Waals surface area contributed by atoms with Crippen LogP contribution in [-0.4, -0.2) is 35.5 Å². The van der Waals surface area contributed by atoms with Gasteiger partial charge in [-0.2, -0.15) is 0 Å². The van der Waals surface area contributed by atoms with Gasteiger partial charge in [0.05, 0.1) is 10.9 Å². The zero-order valence-corrected chi connectivity index (χ0v) is 13.9. The van der Waals surface area contributed by atoms with Crippen molar-refractivity contribution in [3.05, 3.63) is 17.7 Å². The third kappa shape index (κ3) is 3.16. The molecule has 1 saturated heterocycles. The van der Waals surface area contributed by atoms with Crippen molar-refractivity contribution in [2.45, 2.75) is 46.0 Å². The van der Waals surface area contributed by atoms with E-state index in [4.69, 9.17) is 4.42 Å². The van der Waals surface area contributed by atoms with Gasteiger partial charge in [-0.15, -0.1) is 0 Å². The molecule has 0 saturated carbocycles. The third-order valence-corrected chi connectivity index (χ3v) is 4.34. The molecule has 1 fully saturated rings. The molecular formula is C17H24N4O2. The van der Waals surface area contributed by atoms with E-state index < -0.39 is 0 Å². The average Bonchev–Trinajstić information content (AvgIpc) is 2.91. The van der Waals surface area contributed by atoms with Gasteiger partial charge in [-0.25, -0.2) is 9.97 Å². The number of carbonyl (C=O) groups excluding carboxylic acids is 1. The highest BCUT2D eigenvalue weighted by atomic mass is 16.3. The molecule has 0 aromatic carbocycles. The monoisotopic (exact) mass is 316 g/mol. The Hall–Kier alpha value is -2.11. The number of aryl methyl sites for hydroxylation is 1. The molecule has 0 aliphatic carbocycles. The van der Waals surface area contributed by atoms with Crippen LogP contribution in [0.1, 0.15) is 55.1 Å². The number of nitrogens with zero attached hydrogens (tertiary/aromatic N) is 3. The molecule has 2 aromatic heterocycles. The molecule has 1 aliphatic heterocycles. The van der Waals surface area contributed by atoms with Crippen molar-refractivity contribution in [1.29, 1.82) is 0 Å². The number of hydrogen-bond donors (Lipinski definition) is 1. The molecule has 1 amide bonds. The lowest BCUT2D eigenvalue weighted by molar-refractivity contribution is 0.0953. The largest absolute Gasteiger partial charge is 0.442 e. The lowest BCUT2D eigenvalue weighted by atomic mass is 10.1. The maximum atomic E-state index is 12.6. The fraction of sp³-hybridized carbons (Fsp3) is 0.588. The third-order valence-electron chi connectivity index (χ3n) is 4.34. The SMILES string of the molecule is CCCCNC(=O)c1c(C)oc2ncnc(N3CCCCC3)c12. The highest BCUT2D eigenvalue weighted by Crippen LogP contribution is 2.32. The first-order chi connectivity index (χ1) is 11.2. The van der Waals surface area contributed by atoms with Gasteiger partial charge < -0.3 is 14.6 Å². The van der Waals surface area contributed by atoms with E-state index >= 15 is 0 Å². The maximum Gasteiger partial charge on any atom is 0.255 e. The molecule has 0 bridgehead atoms. The van der Waals surface area contributed by atoms with Gasteiger partial charge in [-0.1, -0.05) is 13.3 Å². The second-order valence-electron chi connectivity index (χ2n) is 6.07. The van der Waals surface area contributed by atoms with E-state index in [1.165, 1.54) is 12.7 Å². The Labute approximate surface area is 136 Å². The Morgan fingerprint density at radius 2 is 2.09 bits per heavy atom. The van der Waals surface area contributed by atoms with E-state index in [-0.39, 0.29) is 5.91 Å². The Balaban J connectivity index is 1.99. The summed E-state index contributed by atoms with van der Waals surface area (Å²) in [4.78, 5) is 23.5. The second-order valence-corrected chi connectivity index (χ2v) is 6.07. The molecule has 0 radical (unpaired) electrons. The fourth-order valence-electron chi connectivity index (χ4n) is 3.11. The molecule has 3 rings (SSSR count). The number of carbonyl (C=O) groups is 1. The predicted octanol–water partition coefficient (Wildman–Crippen LogP) is 3.05. The second kappa shape index (κ2) is 6.98. The zero-order chi connectivity index (χ0) is 16.2. The van der Waals surface area contributed by atoms with Gasteiger partial charge in [0, 0.05) is 19.6 Å². The number of nitrogens with one attached hydrogen (secondary N) is 1. The molecule has 1 aliphatic rings. The quantitative estimate of drug-likeness (QED) is 0.858. The Kier molecular flexibility index (Phi) is 4.79. The number of rotatable bonds is 5. The van der Waals surface area contributed by atoms with Crippen LogP contribution in [0.25, 0.3) is 11.1 Å². The van der Waals surface area contributed by atoms with Crippen LogP contribution in [0.4, 0.5) is 5.82 Å². The first-order valence-electron chi connectivity index (χ1n) is 8.49. The number of amides is 1. The van der Waals surface area contributed by atoms with Crippen molar-refractivity contribution in [3.63, 3.8) is 0 Å². The van der Waals surface area contributed by atoms with Crippen LogP contribution in [0.3, 0.4) is 0 Å². The fourth-order valence-corrected chi connectivity index (χ4v) is 3.11. The molecule has 0 atom stereocenters. The van der Waals surface area contributed by atoms with Gasteiger partial charge in [0.15, 0.2) is 0 Å². The molecule has 6 nitrogen and oxygen atoms in total. The van der Waals surface area contributed by atoms with Gasteiger partial charge in [-0.3, -0.25) is 4.79 Å². The van der Waals surface area contributed by atoms with Crippen molar-refractivity contribution in [3.8, 4) is 0 Å². The topological polar surface area (TPSA) is 71.3 Å². The van der Waals surface area contributed by atoms with Crippen LogP contribution in [-0.2, 0) is 0 Å². The number of unbranched alkanes of at least 4 members (excludes halogenated alkanes) is 1. The van der Waals surface area contributed by atoms with E-state index in [0.717, 1.165) is 50.0 Å². The number of fused-ring (bicyclic) bond motifs is 1. The van der Waals surface area contributed by atoms with Crippen molar-refractivity contribution in [2.75, 3.05) is 24.5 Å². The summed E-state index contributed by atoms with van der Waals surface area (Å²) in [6.07, 6.45) is 7.10. The Morgan fingerprint density at radius 1 is 1.30 bits per heavy atom. The summed E-state index contributed by atoms with van der Waals surface area (Å²) < 4.78 is 5.72. The number of hydrogen-bond acceptors (Lipinski definition) is 5. The highest BCUT2D eigenvalue weighted by Gasteiger charge is 2.25. The zero-order valence-electron chi connectivity index (χ0n) is 13.9. The first-order valence-corrected chi connectivity index (χ1v) is 8.49. The lowest BCUT2D eigenvalue weighted by Gasteiger charge is -2.28. The van der Waals surface area contributed by atoms with Crippen LogP contribution in [0, 0.1) is 6.92 Å². The summed E-state index contributed by atoms with van der Waals surface area (Å²) in [5.41, 5.74) is 1.08. The van der Waals surface area contributed by atoms with E-state index in [2.05, 4.69) is 27.1 Å². The van der Waals surface area contributed by atoms with Crippen molar-refractivity contribution < 1.29 is 9.21 Å². The average molecular weight is 316 g/mol. The van der Waals surface area contributed by atoms with Crippen LogP contribution in [0.15, 0.2) is 10.7 Å². The minimum absolute atomic E-state index is 0.0947. The summed E-state index contributed by atoms with van der Waals surface area (Å²) >= 11 is 0. The van der Waals surface area contributed by atoms with Gasteiger partial charge in [0.25, 0.3) is 5.91 Å². The van der Waals surface area contributed by atoms with Crippen molar-refractivity contribution in [1.82, 2.24) is 15.3 Å². The normalized spacial score (nSPS) is 15.1. The van der Waals surface area contributed by atoms with Crippen LogP contribution in [0.5, 0.6) is 0 Å². The number of aromatic nitrogens is 2. The summed E-state index contributed by atoms with van der Waals surface area (Å²) in [5, 5.41) is 3.73. The molecule has 3 heterocycles. The Bertz CT molecular complexity index is 689. The summed E-state index contributed by atoms with van der Waals surface area (Å²) in [5.74, 6) is 1.34. The summed E-state index contributed by atoms with van der Waals surface area (Å²) in [6, 6.07) is 0. The summed E-state index contributed by atoms with van der Waals surface area (Å²) in [6.45, 7) is 6.53. The molecule has 0 spiro atoms. The van der Waals surface area contributed by atoms with Crippen LogP contribution < -0.4 is 10.2 Å². The first kappa shape index (κ1) is 15.8. The Morgan fingerprint density at radius 3 is 2.83 bits per heavy atom. The number of piperidine rings is 1. The predicted molar refractivity (Wildman–Crippen MR) is 89.8 cm³/mol. The van der Waals surface area contributed by atoms with E-state index in [1.54, 1.807) is 0 Å². The molecule has 0 unspecified atom stereocenters. The van der Waals surface area contributed by atoms with E-state index in [1.807, 2.05) is 6.92 Å². The molecule has 124 valence electrons. The number of furan rings is 1. The van der Waals surface area contributed by atoms with E-state index in [0.29, 0.717) is 23.6 Å². The van der Waals surface area contributed by atoms with Gasteiger partial charge in [-0.05, 0) is 32.6 Å². The van der Waals surface area contributed by atoms with Crippen molar-refractivity contribution in [2.24, 2.45) is 0 Å². The number of anilines is 1. The van der Waals surface area contributed by atoms with Gasteiger partial charge in [0.1, 0.15) is 17.9 Å². The standard InChI is InChI=1S/C17H24N4O2/c1-3-4-8-18-16(22)13-12(2)23-17-14(13)15(19-11-20-17)21-9-6-5-7-10-21/h11H,3-10H2,1-2H3,(H,18,22). The minimum Gasteiger partial charge on any atom is -0.442 e. The van der Waals surface area contributed by atoms with Crippen molar-refractivity contribution >= 4 is 22.8 Å². The maximum absolute atomic E-state index is 12.6. The molecular weight excluding hydrogens is 292 g/mol. The minimum atomic E-state index is -0.0947. The molecule has 23 heavy (non-hydrogen) atoms. The summed E-state index contributed by atoms with van der Waals surface area (Å²) in [7, 11) is 0. The molecule has 2 aromatic rings. The van der Waals surface area contributed by atoms with Crippen LogP contribution >= 0.6 is 0 Å². The lowest BCUT2D eigenvalue weighted by Crippen LogP contribution is -2.31. The highest BCUT2D eigenvalue weighted by molar-refractivity contribution is 6.10. The molecule has 6 heteroatoms.